The highest BCUT2D eigenvalue weighted by atomic mass is 16.6. The Morgan fingerprint density at radius 3 is 2.58 bits per heavy atom. The number of phenols is 1. The highest BCUT2D eigenvalue weighted by Gasteiger charge is 2.23. The molecule has 1 unspecified atom stereocenters. The van der Waals surface area contributed by atoms with Crippen molar-refractivity contribution in [2.24, 2.45) is 0 Å². The summed E-state index contributed by atoms with van der Waals surface area (Å²) in [5.41, 5.74) is -0.750. The first-order chi connectivity index (χ1) is 8.86. The van der Waals surface area contributed by atoms with Gasteiger partial charge in [-0.25, -0.2) is 0 Å². The third-order valence-electron chi connectivity index (χ3n) is 2.41. The standard InChI is InChI=1S/C11H13N3O5/c1-6(10(16)12-2)13-11(17)8-5-7(15)3-4-9(8)14(18)19/h3-6,15H,1-2H3,(H,12,16)(H,13,17). The summed E-state index contributed by atoms with van der Waals surface area (Å²) in [5, 5.41) is 24.7. The Hall–Kier alpha value is -2.64. The first-order valence-electron chi connectivity index (χ1n) is 5.36. The molecule has 2 amide bonds. The Labute approximate surface area is 108 Å². The monoisotopic (exact) mass is 267 g/mol. The quantitative estimate of drug-likeness (QED) is 0.530. The lowest BCUT2D eigenvalue weighted by Crippen LogP contribution is -2.43. The third-order valence-corrected chi connectivity index (χ3v) is 2.41. The van der Waals surface area contributed by atoms with Gasteiger partial charge in [0.05, 0.1) is 4.92 Å². The van der Waals surface area contributed by atoms with Crippen molar-refractivity contribution < 1.29 is 19.6 Å². The second kappa shape index (κ2) is 5.80. The average Bonchev–Trinajstić information content (AvgIpc) is 2.36. The van der Waals surface area contributed by atoms with E-state index in [4.69, 9.17) is 0 Å². The molecule has 1 aromatic rings. The molecule has 0 aliphatic rings. The molecule has 0 heterocycles. The molecular weight excluding hydrogens is 254 g/mol. The van der Waals surface area contributed by atoms with E-state index in [0.717, 1.165) is 18.2 Å². The summed E-state index contributed by atoms with van der Waals surface area (Å²) in [4.78, 5) is 33.1. The van der Waals surface area contributed by atoms with E-state index in [9.17, 15) is 24.8 Å². The Bertz CT molecular complexity index is 529. The molecule has 1 rings (SSSR count). The van der Waals surface area contributed by atoms with Crippen LogP contribution in [0.1, 0.15) is 17.3 Å². The minimum absolute atomic E-state index is 0.275. The summed E-state index contributed by atoms with van der Waals surface area (Å²) in [6.45, 7) is 1.44. The van der Waals surface area contributed by atoms with Crippen molar-refractivity contribution in [3.63, 3.8) is 0 Å². The van der Waals surface area contributed by atoms with Crippen LogP contribution in [0.15, 0.2) is 18.2 Å². The lowest BCUT2D eigenvalue weighted by Gasteiger charge is -2.12. The zero-order valence-electron chi connectivity index (χ0n) is 10.3. The van der Waals surface area contributed by atoms with E-state index < -0.39 is 28.5 Å². The molecule has 102 valence electrons. The van der Waals surface area contributed by atoms with Gasteiger partial charge in [0.25, 0.3) is 11.6 Å². The van der Waals surface area contributed by atoms with Gasteiger partial charge in [-0.2, -0.15) is 0 Å². The highest BCUT2D eigenvalue weighted by molar-refractivity contribution is 6.00. The van der Waals surface area contributed by atoms with Crippen LogP contribution in [0.25, 0.3) is 0 Å². The number of nitro groups is 1. The van der Waals surface area contributed by atoms with Crippen LogP contribution in [0.5, 0.6) is 5.75 Å². The summed E-state index contributed by atoms with van der Waals surface area (Å²) >= 11 is 0. The molecule has 1 atom stereocenters. The Morgan fingerprint density at radius 1 is 1.42 bits per heavy atom. The molecule has 0 spiro atoms. The van der Waals surface area contributed by atoms with Gasteiger partial charge in [0.15, 0.2) is 0 Å². The summed E-state index contributed by atoms with van der Waals surface area (Å²) < 4.78 is 0. The van der Waals surface area contributed by atoms with Crippen molar-refractivity contribution in [3.8, 4) is 5.75 Å². The van der Waals surface area contributed by atoms with E-state index in [-0.39, 0.29) is 11.3 Å². The van der Waals surface area contributed by atoms with E-state index >= 15 is 0 Å². The Balaban J connectivity index is 3.02. The highest BCUT2D eigenvalue weighted by Crippen LogP contribution is 2.23. The second-order valence-corrected chi connectivity index (χ2v) is 3.77. The van der Waals surface area contributed by atoms with Gasteiger partial charge in [-0.3, -0.25) is 19.7 Å². The van der Waals surface area contributed by atoms with Crippen LogP contribution < -0.4 is 10.6 Å². The van der Waals surface area contributed by atoms with Gasteiger partial charge in [-0.15, -0.1) is 0 Å². The van der Waals surface area contributed by atoms with Gasteiger partial charge in [0, 0.05) is 13.1 Å². The maximum atomic E-state index is 11.8. The van der Waals surface area contributed by atoms with Gasteiger partial charge in [-0.05, 0) is 19.1 Å². The predicted molar refractivity (Wildman–Crippen MR) is 65.8 cm³/mol. The number of nitrogens with one attached hydrogen (secondary N) is 2. The van der Waals surface area contributed by atoms with Crippen molar-refractivity contribution in [2.75, 3.05) is 7.05 Å². The van der Waals surface area contributed by atoms with Crippen LogP contribution in [-0.4, -0.2) is 34.9 Å². The number of hydrogen-bond donors (Lipinski definition) is 3. The van der Waals surface area contributed by atoms with Crippen LogP contribution in [0.2, 0.25) is 0 Å². The maximum Gasteiger partial charge on any atom is 0.282 e. The van der Waals surface area contributed by atoms with Crippen LogP contribution >= 0.6 is 0 Å². The van der Waals surface area contributed by atoms with E-state index in [0.29, 0.717) is 0 Å². The van der Waals surface area contributed by atoms with Crippen molar-refractivity contribution in [2.45, 2.75) is 13.0 Å². The van der Waals surface area contributed by atoms with Crippen molar-refractivity contribution in [3.05, 3.63) is 33.9 Å². The zero-order chi connectivity index (χ0) is 14.6. The number of phenolic OH excluding ortho intramolecular Hbond substituents is 1. The molecule has 8 nitrogen and oxygen atoms in total. The number of benzene rings is 1. The van der Waals surface area contributed by atoms with E-state index in [2.05, 4.69) is 10.6 Å². The summed E-state index contributed by atoms with van der Waals surface area (Å²) in [7, 11) is 1.40. The molecule has 0 aliphatic carbocycles. The summed E-state index contributed by atoms with van der Waals surface area (Å²) in [6.07, 6.45) is 0. The van der Waals surface area contributed by atoms with E-state index in [1.165, 1.54) is 14.0 Å². The zero-order valence-corrected chi connectivity index (χ0v) is 10.3. The fourth-order valence-electron chi connectivity index (χ4n) is 1.42. The summed E-state index contributed by atoms with van der Waals surface area (Å²) in [5.74, 6) is -1.52. The number of hydrogen-bond acceptors (Lipinski definition) is 5. The minimum atomic E-state index is -0.848. The summed E-state index contributed by atoms with van der Waals surface area (Å²) in [6, 6.07) is 2.26. The number of carbonyl (C=O) groups is 2. The number of carbonyl (C=O) groups excluding carboxylic acids is 2. The molecule has 0 fully saturated rings. The van der Waals surface area contributed by atoms with Crippen molar-refractivity contribution in [1.82, 2.24) is 10.6 Å². The van der Waals surface area contributed by atoms with Crippen LogP contribution in [0.4, 0.5) is 5.69 Å². The normalized spacial score (nSPS) is 11.5. The second-order valence-electron chi connectivity index (χ2n) is 3.77. The minimum Gasteiger partial charge on any atom is -0.508 e. The molecule has 8 heteroatoms. The number of nitro benzene ring substituents is 1. The van der Waals surface area contributed by atoms with Gasteiger partial charge >= 0.3 is 0 Å². The van der Waals surface area contributed by atoms with Crippen LogP contribution in [0.3, 0.4) is 0 Å². The Morgan fingerprint density at radius 2 is 2.05 bits per heavy atom. The first kappa shape index (κ1) is 14.4. The number of nitrogens with zero attached hydrogens (tertiary/aromatic N) is 1. The first-order valence-corrected chi connectivity index (χ1v) is 5.36. The number of likely N-dealkylation sites (N-methyl/N-ethyl adjacent to an activating group) is 1. The van der Waals surface area contributed by atoms with Crippen LogP contribution in [-0.2, 0) is 4.79 Å². The maximum absolute atomic E-state index is 11.8. The lowest BCUT2D eigenvalue weighted by atomic mass is 10.1. The molecule has 0 saturated heterocycles. The van der Waals surface area contributed by atoms with Crippen molar-refractivity contribution in [1.29, 1.82) is 0 Å². The third kappa shape index (κ3) is 3.41. The number of aromatic hydroxyl groups is 1. The average molecular weight is 267 g/mol. The molecule has 0 radical (unpaired) electrons. The molecular formula is C11H13N3O5. The number of amides is 2. The SMILES string of the molecule is CNC(=O)C(C)NC(=O)c1cc(O)ccc1[N+](=O)[O-]. The molecule has 0 aliphatic heterocycles. The molecule has 0 saturated carbocycles. The van der Waals surface area contributed by atoms with Gasteiger partial charge in [0.2, 0.25) is 5.91 Å². The fourth-order valence-corrected chi connectivity index (χ4v) is 1.42. The smallest absolute Gasteiger partial charge is 0.282 e. The molecule has 0 bridgehead atoms. The molecule has 3 N–H and O–H groups in total. The molecule has 0 aromatic heterocycles. The van der Waals surface area contributed by atoms with E-state index in [1.54, 1.807) is 0 Å². The van der Waals surface area contributed by atoms with E-state index in [1.807, 2.05) is 0 Å². The Kier molecular flexibility index (Phi) is 4.41. The molecule has 1 aromatic carbocycles. The largest absolute Gasteiger partial charge is 0.508 e. The number of rotatable bonds is 4. The van der Waals surface area contributed by atoms with Crippen molar-refractivity contribution >= 4 is 17.5 Å². The fraction of sp³-hybridized carbons (Fsp3) is 0.273. The molecule has 19 heavy (non-hydrogen) atoms. The predicted octanol–water partition coefficient (Wildman–Crippen LogP) is 0.165. The van der Waals surface area contributed by atoms with Gasteiger partial charge in [0.1, 0.15) is 17.4 Å². The topological polar surface area (TPSA) is 122 Å². The van der Waals surface area contributed by atoms with Gasteiger partial charge in [-0.1, -0.05) is 0 Å². The van der Waals surface area contributed by atoms with Gasteiger partial charge < -0.3 is 15.7 Å². The lowest BCUT2D eigenvalue weighted by molar-refractivity contribution is -0.385. The van der Waals surface area contributed by atoms with Crippen LogP contribution in [0, 0.1) is 10.1 Å².